The molecule has 0 saturated heterocycles. The van der Waals surface area contributed by atoms with Gasteiger partial charge in [0.05, 0.1) is 6.07 Å². The third-order valence-corrected chi connectivity index (χ3v) is 4.13. The largest absolute Gasteiger partial charge is 0.291 e. The number of nitrogens with one attached hydrogen (secondary N) is 1. The van der Waals surface area contributed by atoms with Crippen molar-refractivity contribution in [2.45, 2.75) is 19.0 Å². The van der Waals surface area contributed by atoms with Gasteiger partial charge in [0, 0.05) is 21.5 Å². The van der Waals surface area contributed by atoms with Crippen molar-refractivity contribution in [2.24, 2.45) is 0 Å². The van der Waals surface area contributed by atoms with Gasteiger partial charge in [-0.15, -0.1) is 11.3 Å². The Morgan fingerprint density at radius 3 is 2.67 bits per heavy atom. The number of nitrogens with zero attached hydrogens (tertiary/aromatic N) is 1. The molecule has 2 rings (SSSR count). The fourth-order valence-corrected chi connectivity index (χ4v) is 2.76. The predicted octanol–water partition coefficient (Wildman–Crippen LogP) is 4.32. The van der Waals surface area contributed by atoms with Gasteiger partial charge in [0.15, 0.2) is 0 Å². The quantitative estimate of drug-likeness (QED) is 0.903. The molecule has 4 heteroatoms. The minimum absolute atomic E-state index is 0.130. The fourth-order valence-electron chi connectivity index (χ4n) is 1.78. The van der Waals surface area contributed by atoms with Crippen LogP contribution in [0, 0.1) is 11.3 Å². The third-order valence-electron chi connectivity index (χ3n) is 2.73. The van der Waals surface area contributed by atoms with Gasteiger partial charge in [0.1, 0.15) is 6.04 Å². The van der Waals surface area contributed by atoms with Gasteiger partial charge in [-0.3, -0.25) is 5.32 Å². The highest BCUT2D eigenvalue weighted by Crippen LogP contribution is 2.26. The summed E-state index contributed by atoms with van der Waals surface area (Å²) in [5, 5.41) is 15.2. The molecular formula is C14H13ClN2S. The average Bonchev–Trinajstić information content (AvgIpc) is 2.90. The summed E-state index contributed by atoms with van der Waals surface area (Å²) in [6.07, 6.45) is 0. The van der Waals surface area contributed by atoms with E-state index in [1.165, 1.54) is 4.88 Å². The van der Waals surface area contributed by atoms with Gasteiger partial charge in [0.2, 0.25) is 0 Å². The molecule has 0 amide bonds. The molecule has 1 aromatic carbocycles. The maximum absolute atomic E-state index is 9.28. The highest BCUT2D eigenvalue weighted by Gasteiger charge is 2.17. The second kappa shape index (κ2) is 6.01. The summed E-state index contributed by atoms with van der Waals surface area (Å²) < 4.78 is 0. The van der Waals surface area contributed by atoms with Crippen molar-refractivity contribution in [3.05, 3.63) is 57.2 Å². The SMILES string of the molecule is CC(NC(C#N)c1ccccc1Cl)c1cccs1. The number of hydrogen-bond donors (Lipinski definition) is 1. The van der Waals surface area contributed by atoms with Crippen LogP contribution >= 0.6 is 22.9 Å². The Kier molecular flexibility index (Phi) is 4.38. The van der Waals surface area contributed by atoms with E-state index in [9.17, 15) is 5.26 Å². The lowest BCUT2D eigenvalue weighted by molar-refractivity contribution is 0.540. The van der Waals surface area contributed by atoms with Crippen molar-refractivity contribution in [2.75, 3.05) is 0 Å². The number of hydrogen-bond acceptors (Lipinski definition) is 3. The van der Waals surface area contributed by atoms with Gasteiger partial charge in [-0.1, -0.05) is 35.9 Å². The van der Waals surface area contributed by atoms with Crippen LogP contribution in [-0.2, 0) is 0 Å². The Hall–Kier alpha value is -1.34. The zero-order valence-electron chi connectivity index (χ0n) is 9.93. The maximum atomic E-state index is 9.28. The maximum Gasteiger partial charge on any atom is 0.123 e. The summed E-state index contributed by atoms with van der Waals surface area (Å²) in [4.78, 5) is 1.21. The van der Waals surface area contributed by atoms with E-state index < -0.39 is 6.04 Å². The smallest absolute Gasteiger partial charge is 0.123 e. The number of thiophene rings is 1. The molecule has 92 valence electrons. The lowest BCUT2D eigenvalue weighted by Gasteiger charge is -2.18. The van der Waals surface area contributed by atoms with Crippen LogP contribution in [0.2, 0.25) is 5.02 Å². The molecule has 0 saturated carbocycles. The molecule has 0 aliphatic carbocycles. The Morgan fingerprint density at radius 1 is 1.28 bits per heavy atom. The van der Waals surface area contributed by atoms with Crippen LogP contribution in [0.1, 0.15) is 29.4 Å². The first kappa shape index (κ1) is 13.1. The molecule has 2 atom stereocenters. The molecule has 2 unspecified atom stereocenters. The van der Waals surface area contributed by atoms with E-state index in [1.807, 2.05) is 36.6 Å². The van der Waals surface area contributed by atoms with Gasteiger partial charge in [0.25, 0.3) is 0 Å². The molecule has 2 nitrogen and oxygen atoms in total. The van der Waals surface area contributed by atoms with Gasteiger partial charge < -0.3 is 0 Å². The van der Waals surface area contributed by atoms with Gasteiger partial charge in [-0.2, -0.15) is 5.26 Å². The summed E-state index contributed by atoms with van der Waals surface area (Å²) in [6.45, 7) is 2.05. The van der Waals surface area contributed by atoms with E-state index in [2.05, 4.69) is 17.5 Å². The van der Waals surface area contributed by atoms with E-state index in [1.54, 1.807) is 17.4 Å². The number of benzene rings is 1. The minimum atomic E-state index is -0.393. The zero-order valence-corrected chi connectivity index (χ0v) is 11.5. The van der Waals surface area contributed by atoms with Crippen LogP contribution in [0.4, 0.5) is 0 Å². The molecule has 0 aliphatic heterocycles. The Morgan fingerprint density at radius 2 is 2.06 bits per heavy atom. The van der Waals surface area contributed by atoms with Crippen LogP contribution in [0.3, 0.4) is 0 Å². The molecule has 0 radical (unpaired) electrons. The Balaban J connectivity index is 2.16. The molecule has 0 aliphatic rings. The summed E-state index contributed by atoms with van der Waals surface area (Å²) in [5.41, 5.74) is 0.824. The predicted molar refractivity (Wildman–Crippen MR) is 75.7 cm³/mol. The van der Waals surface area contributed by atoms with Crippen molar-refractivity contribution in [3.8, 4) is 6.07 Å². The summed E-state index contributed by atoms with van der Waals surface area (Å²) in [5.74, 6) is 0. The standard InChI is InChI=1S/C14H13ClN2S/c1-10(14-7-4-8-18-14)17-13(9-16)11-5-2-3-6-12(11)15/h2-8,10,13,17H,1H3. The monoisotopic (exact) mass is 276 g/mol. The van der Waals surface area contributed by atoms with Crippen LogP contribution in [-0.4, -0.2) is 0 Å². The summed E-state index contributed by atoms with van der Waals surface area (Å²) in [7, 11) is 0. The topological polar surface area (TPSA) is 35.8 Å². The highest BCUT2D eigenvalue weighted by atomic mass is 35.5. The first-order valence-corrected chi connectivity index (χ1v) is 6.91. The Labute approximate surface area is 116 Å². The van der Waals surface area contributed by atoms with Crippen LogP contribution < -0.4 is 5.32 Å². The zero-order chi connectivity index (χ0) is 13.0. The van der Waals surface area contributed by atoms with E-state index in [0.29, 0.717) is 5.02 Å². The molecular weight excluding hydrogens is 264 g/mol. The lowest BCUT2D eigenvalue weighted by Crippen LogP contribution is -2.23. The third kappa shape index (κ3) is 2.91. The van der Waals surface area contributed by atoms with Crippen molar-refractivity contribution in [3.63, 3.8) is 0 Å². The number of nitriles is 1. The van der Waals surface area contributed by atoms with Gasteiger partial charge in [-0.05, 0) is 24.4 Å². The molecule has 0 fully saturated rings. The molecule has 2 aromatic rings. The molecule has 0 bridgehead atoms. The first-order chi connectivity index (χ1) is 8.72. The van der Waals surface area contributed by atoms with Gasteiger partial charge in [-0.25, -0.2) is 0 Å². The van der Waals surface area contributed by atoms with E-state index in [0.717, 1.165) is 5.56 Å². The van der Waals surface area contributed by atoms with E-state index >= 15 is 0 Å². The van der Waals surface area contributed by atoms with E-state index in [4.69, 9.17) is 11.6 Å². The molecule has 1 heterocycles. The molecule has 1 aromatic heterocycles. The second-order valence-electron chi connectivity index (χ2n) is 3.99. The van der Waals surface area contributed by atoms with E-state index in [-0.39, 0.29) is 6.04 Å². The van der Waals surface area contributed by atoms with Crippen molar-refractivity contribution in [1.82, 2.24) is 5.32 Å². The molecule has 0 spiro atoms. The normalized spacial score (nSPS) is 13.8. The van der Waals surface area contributed by atoms with Crippen molar-refractivity contribution in [1.29, 1.82) is 5.26 Å². The van der Waals surface area contributed by atoms with Crippen molar-refractivity contribution >= 4 is 22.9 Å². The second-order valence-corrected chi connectivity index (χ2v) is 5.37. The minimum Gasteiger partial charge on any atom is -0.291 e. The summed E-state index contributed by atoms with van der Waals surface area (Å²) >= 11 is 7.80. The number of rotatable bonds is 4. The van der Waals surface area contributed by atoms with Crippen molar-refractivity contribution < 1.29 is 0 Å². The lowest BCUT2D eigenvalue weighted by atomic mass is 10.1. The van der Waals surface area contributed by atoms with Crippen LogP contribution in [0.5, 0.6) is 0 Å². The molecule has 1 N–H and O–H groups in total. The first-order valence-electron chi connectivity index (χ1n) is 5.66. The fraction of sp³-hybridized carbons (Fsp3) is 0.214. The van der Waals surface area contributed by atoms with Crippen LogP contribution in [0.15, 0.2) is 41.8 Å². The van der Waals surface area contributed by atoms with Gasteiger partial charge >= 0.3 is 0 Å². The number of halogens is 1. The highest BCUT2D eigenvalue weighted by molar-refractivity contribution is 7.10. The summed E-state index contributed by atoms with van der Waals surface area (Å²) in [6, 6.07) is 13.5. The average molecular weight is 277 g/mol. The van der Waals surface area contributed by atoms with Crippen LogP contribution in [0.25, 0.3) is 0 Å². The molecule has 18 heavy (non-hydrogen) atoms. The Bertz CT molecular complexity index is 545.